The topological polar surface area (TPSA) is 153 Å². The highest BCUT2D eigenvalue weighted by Gasteiger charge is 2.48. The summed E-state index contributed by atoms with van der Waals surface area (Å²) in [5, 5.41) is 12.7. The minimum Gasteiger partial charge on any atom is -0.480 e. The molecule has 1 amide bonds. The van der Waals surface area contributed by atoms with Gasteiger partial charge < -0.3 is 26.0 Å². The Morgan fingerprint density at radius 1 is 1.19 bits per heavy atom. The maximum atomic E-state index is 13.1. The van der Waals surface area contributed by atoms with Crippen molar-refractivity contribution < 1.29 is 29.7 Å². The first kappa shape index (κ1) is 30.3. The van der Waals surface area contributed by atoms with Crippen LogP contribution in [0.3, 0.4) is 0 Å². The summed E-state index contributed by atoms with van der Waals surface area (Å²) in [7, 11) is 0. The van der Waals surface area contributed by atoms with Gasteiger partial charge in [-0.15, -0.1) is 0 Å². The third-order valence-electron chi connectivity index (χ3n) is 5.60. The molecule has 5 atom stereocenters. The minimum absolute atomic E-state index is 0. The predicted molar refractivity (Wildman–Crippen MR) is 124 cm³/mol. The lowest BCUT2D eigenvalue weighted by molar-refractivity contribution is -0.152. The van der Waals surface area contributed by atoms with Gasteiger partial charge in [-0.3, -0.25) is 14.9 Å². The zero-order valence-electron chi connectivity index (χ0n) is 20.6. The van der Waals surface area contributed by atoms with Gasteiger partial charge >= 0.3 is 11.9 Å². The van der Waals surface area contributed by atoms with E-state index in [-0.39, 0.29) is 34.9 Å². The fraction of sp³-hybridized carbons (Fsp3) is 0.870. The number of amides is 1. The summed E-state index contributed by atoms with van der Waals surface area (Å²) >= 11 is 0. The molecule has 0 radical (unpaired) electrons. The van der Waals surface area contributed by atoms with E-state index in [1.54, 1.807) is 18.7 Å². The third kappa shape index (κ3) is 9.42. The molecule has 32 heavy (non-hydrogen) atoms. The quantitative estimate of drug-likeness (QED) is 0.468. The zero-order chi connectivity index (χ0) is 23.8. The summed E-state index contributed by atoms with van der Waals surface area (Å²) in [5.41, 5.74) is 5.35. The van der Waals surface area contributed by atoms with Crippen LogP contribution in [0.2, 0.25) is 0 Å². The van der Waals surface area contributed by atoms with E-state index in [0.717, 1.165) is 32.1 Å². The van der Waals surface area contributed by atoms with Gasteiger partial charge in [-0.25, -0.2) is 4.79 Å². The normalized spacial score (nSPS) is 24.2. The predicted octanol–water partition coefficient (Wildman–Crippen LogP) is 1.86. The standard InChI is InChI=1S/C19H32N2O5.C4H11N.H2O/c1-4-8-14(19(25)26-5-2)20-12(3)17(22)21-15-10-7-6-9-13(15)11-16(21)18(23)24;1-4(2,3)5;/h12-16,20H,4-11H2,1-3H3,(H,23,24);5H2,1-3H3;1H2. The fourth-order valence-electron chi connectivity index (χ4n) is 4.39. The van der Waals surface area contributed by atoms with E-state index in [1.165, 1.54) is 0 Å². The number of fused-ring (bicyclic) bond motifs is 1. The number of hydrogen-bond donors (Lipinski definition) is 3. The molecule has 9 nitrogen and oxygen atoms in total. The molecule has 1 heterocycles. The van der Waals surface area contributed by atoms with Gasteiger partial charge in [0.05, 0.1) is 12.6 Å². The van der Waals surface area contributed by atoms with Gasteiger partial charge in [-0.2, -0.15) is 0 Å². The number of carbonyl (C=O) groups is 3. The van der Waals surface area contributed by atoms with Gasteiger partial charge in [0, 0.05) is 11.6 Å². The number of nitrogens with one attached hydrogen (secondary N) is 1. The SMILES string of the molecule is CC(C)(C)N.CCCC(NC(C)C(=O)N1C(C(=O)O)CC2CCCCC21)C(=O)OCC.O. The van der Waals surface area contributed by atoms with E-state index in [9.17, 15) is 19.5 Å². The molecule has 0 aromatic rings. The molecule has 188 valence electrons. The monoisotopic (exact) mass is 459 g/mol. The van der Waals surface area contributed by atoms with Crippen molar-refractivity contribution >= 4 is 17.8 Å². The molecule has 2 aliphatic rings. The Balaban J connectivity index is 0.00000144. The molecule has 1 aliphatic carbocycles. The Kier molecular flexibility index (Phi) is 13.0. The second kappa shape index (κ2) is 13.7. The van der Waals surface area contributed by atoms with Crippen molar-refractivity contribution in [3.05, 3.63) is 0 Å². The molecule has 9 heteroatoms. The lowest BCUT2D eigenvalue weighted by Gasteiger charge is -2.35. The summed E-state index contributed by atoms with van der Waals surface area (Å²) < 4.78 is 5.09. The van der Waals surface area contributed by atoms with Gasteiger partial charge in [-0.1, -0.05) is 26.2 Å². The summed E-state index contributed by atoms with van der Waals surface area (Å²) in [4.78, 5) is 38.5. The van der Waals surface area contributed by atoms with Crippen LogP contribution in [-0.4, -0.2) is 69.6 Å². The van der Waals surface area contributed by atoms with Crippen LogP contribution in [0.5, 0.6) is 0 Å². The minimum atomic E-state index is -0.935. The average Bonchev–Trinajstić information content (AvgIpc) is 3.05. The largest absolute Gasteiger partial charge is 0.480 e. The number of nitrogens with two attached hydrogens (primary N) is 1. The highest BCUT2D eigenvalue weighted by molar-refractivity contribution is 5.88. The molecule has 2 rings (SSSR count). The van der Waals surface area contributed by atoms with E-state index in [2.05, 4.69) is 5.32 Å². The van der Waals surface area contributed by atoms with Crippen molar-refractivity contribution in [2.45, 2.75) is 116 Å². The van der Waals surface area contributed by atoms with Crippen molar-refractivity contribution in [1.29, 1.82) is 0 Å². The molecule has 1 aliphatic heterocycles. The van der Waals surface area contributed by atoms with Crippen molar-refractivity contribution in [3.8, 4) is 0 Å². The maximum absolute atomic E-state index is 13.1. The first-order chi connectivity index (χ1) is 14.4. The summed E-state index contributed by atoms with van der Waals surface area (Å²) in [5.74, 6) is -1.24. The molecule has 1 saturated carbocycles. The third-order valence-corrected chi connectivity index (χ3v) is 5.60. The molecule has 1 saturated heterocycles. The van der Waals surface area contributed by atoms with Crippen molar-refractivity contribution in [2.24, 2.45) is 11.7 Å². The maximum Gasteiger partial charge on any atom is 0.326 e. The lowest BCUT2D eigenvalue weighted by Crippen LogP contribution is -2.55. The molecule has 0 aromatic heterocycles. The summed E-state index contributed by atoms with van der Waals surface area (Å²) in [6.07, 6.45) is 5.87. The van der Waals surface area contributed by atoms with E-state index in [1.807, 2.05) is 27.7 Å². The molecule has 6 N–H and O–H groups in total. The summed E-state index contributed by atoms with van der Waals surface area (Å²) in [6, 6.07) is -1.92. The fourth-order valence-corrected chi connectivity index (χ4v) is 4.39. The van der Waals surface area contributed by atoms with Crippen molar-refractivity contribution in [2.75, 3.05) is 6.61 Å². The number of likely N-dealkylation sites (tertiary alicyclic amines) is 1. The van der Waals surface area contributed by atoms with Gasteiger partial charge in [0.2, 0.25) is 5.91 Å². The Morgan fingerprint density at radius 2 is 1.75 bits per heavy atom. The second-order valence-corrected chi connectivity index (χ2v) is 9.79. The number of aliphatic carboxylic acids is 1. The van der Waals surface area contributed by atoms with Gasteiger partial charge in [-0.05, 0) is 66.2 Å². The van der Waals surface area contributed by atoms with Crippen LogP contribution >= 0.6 is 0 Å². The van der Waals surface area contributed by atoms with Crippen molar-refractivity contribution in [3.63, 3.8) is 0 Å². The smallest absolute Gasteiger partial charge is 0.326 e. The van der Waals surface area contributed by atoms with Crippen LogP contribution in [-0.2, 0) is 19.1 Å². The number of nitrogens with zero attached hydrogens (tertiary/aromatic N) is 1. The molecule has 0 spiro atoms. The van der Waals surface area contributed by atoms with E-state index in [4.69, 9.17) is 10.5 Å². The Morgan fingerprint density at radius 3 is 2.25 bits per heavy atom. The molecular weight excluding hydrogens is 414 g/mol. The van der Waals surface area contributed by atoms with Crippen LogP contribution in [0, 0.1) is 5.92 Å². The number of ether oxygens (including phenoxy) is 1. The second-order valence-electron chi connectivity index (χ2n) is 9.79. The van der Waals surface area contributed by atoms with Crippen LogP contribution in [0.15, 0.2) is 0 Å². The van der Waals surface area contributed by atoms with Crippen LogP contribution in [0.4, 0.5) is 0 Å². The van der Waals surface area contributed by atoms with Gasteiger partial charge in [0.1, 0.15) is 12.1 Å². The molecule has 5 unspecified atom stereocenters. The number of carbonyl (C=O) groups excluding carboxylic acids is 2. The number of esters is 1. The van der Waals surface area contributed by atoms with E-state index < -0.39 is 24.1 Å². The highest BCUT2D eigenvalue weighted by Crippen LogP contribution is 2.40. The molecule has 0 bridgehead atoms. The van der Waals surface area contributed by atoms with Gasteiger partial charge in [0.25, 0.3) is 0 Å². The number of rotatable bonds is 8. The van der Waals surface area contributed by atoms with Crippen LogP contribution in [0.25, 0.3) is 0 Å². The zero-order valence-corrected chi connectivity index (χ0v) is 20.6. The first-order valence-electron chi connectivity index (χ1n) is 11.7. The summed E-state index contributed by atoms with van der Waals surface area (Å²) in [6.45, 7) is 11.6. The number of carboxylic acids is 1. The van der Waals surface area contributed by atoms with Crippen molar-refractivity contribution in [1.82, 2.24) is 10.2 Å². The molecule has 0 aromatic carbocycles. The Bertz CT molecular complexity index is 601. The molecular formula is C23H45N3O6. The first-order valence-corrected chi connectivity index (χ1v) is 11.7. The van der Waals surface area contributed by atoms with Crippen LogP contribution < -0.4 is 11.1 Å². The van der Waals surface area contributed by atoms with Gasteiger partial charge in [0.15, 0.2) is 0 Å². The van der Waals surface area contributed by atoms with E-state index in [0.29, 0.717) is 19.4 Å². The average molecular weight is 460 g/mol. The van der Waals surface area contributed by atoms with Crippen LogP contribution in [0.1, 0.15) is 86.5 Å². The molecule has 2 fully saturated rings. The number of carboxylic acid groups (broad SMARTS) is 1. The number of hydrogen-bond acceptors (Lipinski definition) is 6. The Labute approximate surface area is 192 Å². The van der Waals surface area contributed by atoms with E-state index >= 15 is 0 Å². The highest BCUT2D eigenvalue weighted by atomic mass is 16.5. The lowest BCUT2D eigenvalue weighted by atomic mass is 9.84. The Hall–Kier alpha value is -1.71.